The summed E-state index contributed by atoms with van der Waals surface area (Å²) in [5.41, 5.74) is 0.917. The average molecular weight is 331 g/mol. The average Bonchev–Trinajstić information content (AvgIpc) is 2.73. The summed E-state index contributed by atoms with van der Waals surface area (Å²) < 4.78 is 2.79. The van der Waals surface area contributed by atoms with Gasteiger partial charge in [0.1, 0.15) is 6.61 Å². The zero-order valence-electron chi connectivity index (χ0n) is 9.90. The second-order valence-electron chi connectivity index (χ2n) is 3.87. The predicted molar refractivity (Wildman–Crippen MR) is 74.4 cm³/mol. The topological polar surface area (TPSA) is 50.9 Å². The second-order valence-corrected chi connectivity index (χ2v) is 5.16. The summed E-state index contributed by atoms with van der Waals surface area (Å²) >= 11 is 9.40. The van der Waals surface area contributed by atoms with Gasteiger partial charge in [-0.3, -0.25) is 0 Å². The molecule has 0 fully saturated rings. The van der Waals surface area contributed by atoms with Crippen molar-refractivity contribution in [2.45, 2.75) is 26.5 Å². The number of benzene rings is 1. The minimum atomic E-state index is -0.113. The molecule has 2 aromatic rings. The van der Waals surface area contributed by atoms with E-state index in [2.05, 4.69) is 33.1 Å². The Kier molecular flexibility index (Phi) is 4.37. The van der Waals surface area contributed by atoms with Crippen molar-refractivity contribution in [1.82, 2.24) is 14.8 Å². The molecule has 6 heteroatoms. The van der Waals surface area contributed by atoms with Crippen molar-refractivity contribution < 1.29 is 5.11 Å². The quantitative estimate of drug-likeness (QED) is 0.936. The SMILES string of the molecule is CCCn1c(CO)nnc1-c1ccc(Cl)cc1Br. The Morgan fingerprint density at radius 3 is 2.78 bits per heavy atom. The van der Waals surface area contributed by atoms with Crippen LogP contribution in [0.1, 0.15) is 19.2 Å². The molecule has 0 aliphatic heterocycles. The summed E-state index contributed by atoms with van der Waals surface area (Å²) in [5.74, 6) is 1.32. The molecule has 0 atom stereocenters. The van der Waals surface area contributed by atoms with E-state index in [0.717, 1.165) is 28.8 Å². The molecule has 1 N–H and O–H groups in total. The van der Waals surface area contributed by atoms with Crippen LogP contribution < -0.4 is 0 Å². The van der Waals surface area contributed by atoms with Crippen molar-refractivity contribution >= 4 is 27.5 Å². The molecule has 1 aromatic carbocycles. The van der Waals surface area contributed by atoms with Crippen LogP contribution in [0.5, 0.6) is 0 Å². The van der Waals surface area contributed by atoms with Crippen LogP contribution in [-0.2, 0) is 13.2 Å². The normalized spacial score (nSPS) is 10.9. The fourth-order valence-electron chi connectivity index (χ4n) is 1.78. The van der Waals surface area contributed by atoms with Gasteiger partial charge in [0.05, 0.1) is 0 Å². The fraction of sp³-hybridized carbons (Fsp3) is 0.333. The fourth-order valence-corrected chi connectivity index (χ4v) is 2.64. The molecule has 0 aliphatic rings. The van der Waals surface area contributed by atoms with E-state index in [4.69, 9.17) is 11.6 Å². The van der Waals surface area contributed by atoms with E-state index < -0.39 is 0 Å². The third-order valence-electron chi connectivity index (χ3n) is 2.59. The van der Waals surface area contributed by atoms with Gasteiger partial charge in [-0.2, -0.15) is 0 Å². The number of halogens is 2. The zero-order chi connectivity index (χ0) is 13.1. The van der Waals surface area contributed by atoms with E-state index in [1.807, 2.05) is 22.8 Å². The van der Waals surface area contributed by atoms with E-state index in [1.165, 1.54) is 0 Å². The van der Waals surface area contributed by atoms with Gasteiger partial charge in [0.2, 0.25) is 0 Å². The van der Waals surface area contributed by atoms with Gasteiger partial charge in [-0.1, -0.05) is 18.5 Å². The van der Waals surface area contributed by atoms with Gasteiger partial charge in [0, 0.05) is 21.6 Å². The van der Waals surface area contributed by atoms with E-state index in [9.17, 15) is 5.11 Å². The van der Waals surface area contributed by atoms with Gasteiger partial charge in [0.25, 0.3) is 0 Å². The highest BCUT2D eigenvalue weighted by atomic mass is 79.9. The van der Waals surface area contributed by atoms with Gasteiger partial charge in [-0.15, -0.1) is 10.2 Å². The summed E-state index contributed by atoms with van der Waals surface area (Å²) in [4.78, 5) is 0. The Morgan fingerprint density at radius 1 is 1.39 bits per heavy atom. The summed E-state index contributed by atoms with van der Waals surface area (Å²) in [6.07, 6.45) is 0.948. The van der Waals surface area contributed by atoms with Gasteiger partial charge >= 0.3 is 0 Å². The van der Waals surface area contributed by atoms with Crippen molar-refractivity contribution in [3.05, 3.63) is 33.5 Å². The third-order valence-corrected chi connectivity index (χ3v) is 3.48. The van der Waals surface area contributed by atoms with Crippen LogP contribution in [0.2, 0.25) is 5.02 Å². The highest BCUT2D eigenvalue weighted by Crippen LogP contribution is 2.30. The first-order valence-corrected chi connectivity index (χ1v) is 6.82. The van der Waals surface area contributed by atoms with Crippen molar-refractivity contribution in [1.29, 1.82) is 0 Å². The van der Waals surface area contributed by atoms with E-state index >= 15 is 0 Å². The number of aliphatic hydroxyl groups is 1. The third kappa shape index (κ3) is 2.58. The first-order valence-electron chi connectivity index (χ1n) is 5.65. The lowest BCUT2D eigenvalue weighted by Crippen LogP contribution is -2.05. The van der Waals surface area contributed by atoms with Crippen LogP contribution in [0, 0.1) is 0 Å². The van der Waals surface area contributed by atoms with Crippen LogP contribution in [0.4, 0.5) is 0 Å². The minimum absolute atomic E-state index is 0.113. The maximum Gasteiger partial charge on any atom is 0.165 e. The largest absolute Gasteiger partial charge is 0.388 e. The highest BCUT2D eigenvalue weighted by molar-refractivity contribution is 9.10. The highest BCUT2D eigenvalue weighted by Gasteiger charge is 2.14. The molecule has 0 saturated carbocycles. The number of hydrogen-bond acceptors (Lipinski definition) is 3. The molecular formula is C12H13BrClN3O. The molecule has 0 amide bonds. The Labute approximate surface area is 119 Å². The molecule has 2 rings (SSSR count). The standard InChI is InChI=1S/C12H13BrClN3O/c1-2-5-17-11(7-18)15-16-12(17)9-4-3-8(14)6-10(9)13/h3-4,6,18H,2,5,7H2,1H3. The second kappa shape index (κ2) is 5.82. The summed E-state index contributed by atoms with van der Waals surface area (Å²) in [6.45, 7) is 2.73. The first-order chi connectivity index (χ1) is 8.67. The summed E-state index contributed by atoms with van der Waals surface area (Å²) in [6, 6.07) is 5.52. The number of hydrogen-bond donors (Lipinski definition) is 1. The Morgan fingerprint density at radius 2 is 2.17 bits per heavy atom. The molecule has 0 saturated heterocycles. The van der Waals surface area contributed by atoms with Crippen molar-refractivity contribution in [3.63, 3.8) is 0 Å². The molecule has 96 valence electrons. The number of nitrogens with zero attached hydrogens (tertiary/aromatic N) is 3. The molecule has 0 aliphatic carbocycles. The molecule has 0 spiro atoms. The van der Waals surface area contributed by atoms with Gasteiger partial charge in [-0.05, 0) is 40.5 Å². The maximum absolute atomic E-state index is 9.26. The van der Waals surface area contributed by atoms with Crippen molar-refractivity contribution in [2.24, 2.45) is 0 Å². The maximum atomic E-state index is 9.26. The molecule has 0 unspecified atom stereocenters. The zero-order valence-corrected chi connectivity index (χ0v) is 12.2. The summed E-state index contributed by atoms with van der Waals surface area (Å²) in [5, 5.41) is 18.1. The molecule has 1 aromatic heterocycles. The molecule has 18 heavy (non-hydrogen) atoms. The molecule has 1 heterocycles. The molecular weight excluding hydrogens is 318 g/mol. The van der Waals surface area contributed by atoms with E-state index in [1.54, 1.807) is 0 Å². The lowest BCUT2D eigenvalue weighted by Gasteiger charge is -2.09. The lowest BCUT2D eigenvalue weighted by atomic mass is 10.2. The number of aliphatic hydroxyl groups excluding tert-OH is 1. The van der Waals surface area contributed by atoms with Crippen LogP contribution >= 0.6 is 27.5 Å². The Bertz CT molecular complexity index is 556. The van der Waals surface area contributed by atoms with Gasteiger partial charge in [-0.25, -0.2) is 0 Å². The van der Waals surface area contributed by atoms with E-state index in [-0.39, 0.29) is 6.61 Å². The molecule has 0 bridgehead atoms. The van der Waals surface area contributed by atoms with Crippen LogP contribution in [-0.4, -0.2) is 19.9 Å². The summed E-state index contributed by atoms with van der Waals surface area (Å²) in [7, 11) is 0. The van der Waals surface area contributed by atoms with Crippen LogP contribution in [0.25, 0.3) is 11.4 Å². The molecule has 4 nitrogen and oxygen atoms in total. The first kappa shape index (κ1) is 13.5. The van der Waals surface area contributed by atoms with E-state index in [0.29, 0.717) is 10.8 Å². The number of aromatic nitrogens is 3. The number of rotatable bonds is 4. The predicted octanol–water partition coefficient (Wildman–Crippen LogP) is 3.26. The van der Waals surface area contributed by atoms with Crippen molar-refractivity contribution in [3.8, 4) is 11.4 Å². The Hall–Kier alpha value is -0.910. The monoisotopic (exact) mass is 329 g/mol. The van der Waals surface area contributed by atoms with Gasteiger partial charge in [0.15, 0.2) is 11.6 Å². The van der Waals surface area contributed by atoms with Gasteiger partial charge < -0.3 is 9.67 Å². The van der Waals surface area contributed by atoms with Crippen LogP contribution in [0.3, 0.4) is 0 Å². The van der Waals surface area contributed by atoms with Crippen LogP contribution in [0.15, 0.2) is 22.7 Å². The smallest absolute Gasteiger partial charge is 0.165 e. The minimum Gasteiger partial charge on any atom is -0.388 e. The lowest BCUT2D eigenvalue weighted by molar-refractivity contribution is 0.264. The van der Waals surface area contributed by atoms with Crippen molar-refractivity contribution in [2.75, 3.05) is 0 Å². The molecule has 0 radical (unpaired) electrons. The Balaban J connectivity index is 2.52.